The van der Waals surface area contributed by atoms with Crippen molar-refractivity contribution < 1.29 is 13.6 Å². The Bertz CT molecular complexity index is 957. The van der Waals surface area contributed by atoms with Gasteiger partial charge in [0.05, 0.1) is 11.6 Å². The number of benzene rings is 2. The number of aromatic nitrogens is 4. The summed E-state index contributed by atoms with van der Waals surface area (Å²) in [6, 6.07) is 11.6. The Morgan fingerprint density at radius 2 is 1.85 bits per heavy atom. The van der Waals surface area contributed by atoms with Crippen LogP contribution in [0.15, 0.2) is 48.5 Å². The number of piperidine rings is 1. The van der Waals surface area contributed by atoms with E-state index in [-0.39, 0.29) is 23.6 Å². The fourth-order valence-corrected chi connectivity index (χ4v) is 3.23. The van der Waals surface area contributed by atoms with Crippen LogP contribution < -0.4 is 0 Å². The number of hydrogen-bond donors (Lipinski definition) is 0. The van der Waals surface area contributed by atoms with E-state index >= 15 is 0 Å². The highest BCUT2D eigenvalue weighted by Gasteiger charge is 2.27. The van der Waals surface area contributed by atoms with Gasteiger partial charge in [-0.05, 0) is 54.5 Å². The fraction of sp³-hybridized carbons (Fsp3) is 0.263. The van der Waals surface area contributed by atoms with E-state index in [9.17, 15) is 13.6 Å². The minimum atomic E-state index is -0.409. The first-order chi connectivity index (χ1) is 13.1. The van der Waals surface area contributed by atoms with E-state index in [2.05, 4.69) is 15.4 Å². The lowest BCUT2D eigenvalue weighted by atomic mass is 10.0. The maximum absolute atomic E-state index is 13.9. The molecule has 0 radical (unpaired) electrons. The molecule has 0 unspecified atom stereocenters. The Morgan fingerprint density at radius 1 is 1.07 bits per heavy atom. The lowest BCUT2D eigenvalue weighted by molar-refractivity contribution is 0.0663. The van der Waals surface area contributed by atoms with Crippen molar-refractivity contribution in [3.63, 3.8) is 0 Å². The molecule has 1 aromatic heterocycles. The maximum atomic E-state index is 13.9. The zero-order valence-corrected chi connectivity index (χ0v) is 14.4. The van der Waals surface area contributed by atoms with Gasteiger partial charge in [0.1, 0.15) is 11.6 Å². The van der Waals surface area contributed by atoms with Gasteiger partial charge in [-0.25, -0.2) is 8.78 Å². The van der Waals surface area contributed by atoms with Crippen LogP contribution in [0.5, 0.6) is 0 Å². The average molecular weight is 369 g/mol. The molecule has 0 aliphatic carbocycles. The highest BCUT2D eigenvalue weighted by molar-refractivity contribution is 5.94. The summed E-state index contributed by atoms with van der Waals surface area (Å²) in [6.07, 6.45) is 1.58. The van der Waals surface area contributed by atoms with Crippen LogP contribution in [0.1, 0.15) is 29.2 Å². The van der Waals surface area contributed by atoms with Crippen molar-refractivity contribution in [2.75, 3.05) is 13.1 Å². The molecule has 1 atom stereocenters. The second-order valence-electron chi connectivity index (χ2n) is 6.47. The Morgan fingerprint density at radius 3 is 2.63 bits per heavy atom. The normalized spacial score (nSPS) is 17.1. The van der Waals surface area contributed by atoms with Gasteiger partial charge in [0.2, 0.25) is 5.82 Å². The number of rotatable bonds is 3. The maximum Gasteiger partial charge on any atom is 0.253 e. The van der Waals surface area contributed by atoms with Crippen molar-refractivity contribution in [3.8, 4) is 11.4 Å². The van der Waals surface area contributed by atoms with Crippen molar-refractivity contribution in [2.45, 2.75) is 18.9 Å². The van der Waals surface area contributed by atoms with Gasteiger partial charge >= 0.3 is 0 Å². The third kappa shape index (κ3) is 3.55. The van der Waals surface area contributed by atoms with E-state index in [1.54, 1.807) is 23.1 Å². The quantitative estimate of drug-likeness (QED) is 0.712. The zero-order chi connectivity index (χ0) is 18.8. The van der Waals surface area contributed by atoms with E-state index in [1.807, 2.05) is 0 Å². The van der Waals surface area contributed by atoms with Gasteiger partial charge < -0.3 is 4.90 Å². The third-order valence-electron chi connectivity index (χ3n) is 4.64. The SMILES string of the molecule is O=C(c1ccc(F)cc1)N1CCC[C@H](n2nnc(-c3ccccc3F)n2)C1. The van der Waals surface area contributed by atoms with Gasteiger partial charge in [-0.1, -0.05) is 12.1 Å². The Balaban J connectivity index is 1.51. The minimum Gasteiger partial charge on any atom is -0.336 e. The second-order valence-corrected chi connectivity index (χ2v) is 6.47. The van der Waals surface area contributed by atoms with Crippen LogP contribution in [-0.2, 0) is 0 Å². The smallest absolute Gasteiger partial charge is 0.253 e. The topological polar surface area (TPSA) is 63.9 Å². The highest BCUT2D eigenvalue weighted by atomic mass is 19.1. The van der Waals surface area contributed by atoms with E-state index in [4.69, 9.17) is 0 Å². The molecule has 8 heteroatoms. The Labute approximate surface area is 154 Å². The van der Waals surface area contributed by atoms with Gasteiger partial charge in [0.25, 0.3) is 5.91 Å². The summed E-state index contributed by atoms with van der Waals surface area (Å²) in [5.74, 6) is -0.728. The molecule has 27 heavy (non-hydrogen) atoms. The monoisotopic (exact) mass is 369 g/mol. The number of amides is 1. The van der Waals surface area contributed by atoms with Crippen LogP contribution in [0.3, 0.4) is 0 Å². The molecule has 3 aromatic rings. The number of halogens is 2. The number of carbonyl (C=O) groups is 1. The fourth-order valence-electron chi connectivity index (χ4n) is 3.23. The number of tetrazole rings is 1. The molecule has 1 amide bonds. The molecule has 1 fully saturated rings. The molecule has 0 N–H and O–H groups in total. The van der Waals surface area contributed by atoms with Crippen LogP contribution >= 0.6 is 0 Å². The van der Waals surface area contributed by atoms with Crippen LogP contribution in [0.4, 0.5) is 8.78 Å². The van der Waals surface area contributed by atoms with E-state index in [0.29, 0.717) is 24.2 Å². The van der Waals surface area contributed by atoms with Crippen molar-refractivity contribution >= 4 is 5.91 Å². The molecule has 0 spiro atoms. The van der Waals surface area contributed by atoms with E-state index < -0.39 is 5.82 Å². The van der Waals surface area contributed by atoms with Crippen molar-refractivity contribution in [1.82, 2.24) is 25.1 Å². The van der Waals surface area contributed by atoms with Gasteiger partial charge in [-0.3, -0.25) is 4.79 Å². The predicted octanol–water partition coefficient (Wildman–Crippen LogP) is 3.10. The number of carbonyl (C=O) groups excluding carboxylic acids is 1. The standard InChI is InChI=1S/C19H17F2N5O/c20-14-9-7-13(8-10-14)19(27)25-11-3-4-15(12-25)26-23-18(22-24-26)16-5-1-2-6-17(16)21/h1-2,5-10,15H,3-4,11-12H2/t15-/m0/s1. The van der Waals surface area contributed by atoms with Crippen LogP contribution in [0.2, 0.25) is 0 Å². The third-order valence-corrected chi connectivity index (χ3v) is 4.64. The van der Waals surface area contributed by atoms with Gasteiger partial charge in [0.15, 0.2) is 0 Å². The van der Waals surface area contributed by atoms with Crippen molar-refractivity contribution in [3.05, 3.63) is 65.7 Å². The van der Waals surface area contributed by atoms with Crippen LogP contribution in [0, 0.1) is 11.6 Å². The first kappa shape index (κ1) is 17.3. The molecule has 6 nitrogen and oxygen atoms in total. The molecule has 0 bridgehead atoms. The van der Waals surface area contributed by atoms with Gasteiger partial charge in [0, 0.05) is 18.7 Å². The lowest BCUT2D eigenvalue weighted by Crippen LogP contribution is -2.41. The van der Waals surface area contributed by atoms with Crippen LogP contribution in [-0.4, -0.2) is 44.1 Å². The van der Waals surface area contributed by atoms with Crippen molar-refractivity contribution in [1.29, 1.82) is 0 Å². The summed E-state index contributed by atoms with van der Waals surface area (Å²) < 4.78 is 27.0. The lowest BCUT2D eigenvalue weighted by Gasteiger charge is -2.31. The first-order valence-corrected chi connectivity index (χ1v) is 8.71. The van der Waals surface area contributed by atoms with Crippen molar-refractivity contribution in [2.24, 2.45) is 0 Å². The molecule has 1 saturated heterocycles. The van der Waals surface area contributed by atoms with E-state index in [1.165, 1.54) is 35.1 Å². The zero-order valence-electron chi connectivity index (χ0n) is 14.4. The number of hydrogen-bond acceptors (Lipinski definition) is 4. The van der Waals surface area contributed by atoms with Gasteiger partial charge in [-0.15, -0.1) is 10.2 Å². The summed E-state index contributed by atoms with van der Waals surface area (Å²) in [4.78, 5) is 15.8. The van der Waals surface area contributed by atoms with Gasteiger partial charge in [-0.2, -0.15) is 4.80 Å². The molecule has 138 valence electrons. The summed E-state index contributed by atoms with van der Waals surface area (Å²) in [5.41, 5.74) is 0.731. The molecule has 2 aromatic carbocycles. The molecular weight excluding hydrogens is 352 g/mol. The highest BCUT2D eigenvalue weighted by Crippen LogP contribution is 2.23. The summed E-state index contributed by atoms with van der Waals surface area (Å²) in [7, 11) is 0. The molecule has 4 rings (SSSR count). The molecule has 2 heterocycles. The summed E-state index contributed by atoms with van der Waals surface area (Å²) >= 11 is 0. The largest absolute Gasteiger partial charge is 0.336 e. The van der Waals surface area contributed by atoms with Crippen LogP contribution in [0.25, 0.3) is 11.4 Å². The summed E-state index contributed by atoms with van der Waals surface area (Å²) in [6.45, 7) is 1.03. The first-order valence-electron chi connectivity index (χ1n) is 8.71. The average Bonchev–Trinajstić information content (AvgIpc) is 3.18. The molecular formula is C19H17F2N5O. The number of likely N-dealkylation sites (tertiary alicyclic amines) is 1. The van der Waals surface area contributed by atoms with E-state index in [0.717, 1.165) is 12.8 Å². The number of nitrogens with zero attached hydrogens (tertiary/aromatic N) is 5. The molecule has 1 aliphatic rings. The predicted molar refractivity (Wildman–Crippen MR) is 93.8 cm³/mol. The summed E-state index contributed by atoms with van der Waals surface area (Å²) in [5, 5.41) is 12.3. The molecule has 0 saturated carbocycles. The Hall–Kier alpha value is -3.16. The second kappa shape index (κ2) is 7.22. The molecule has 1 aliphatic heterocycles. The minimum absolute atomic E-state index is 0.142. The Kier molecular flexibility index (Phi) is 4.62.